The van der Waals surface area contributed by atoms with Gasteiger partial charge in [0.2, 0.25) is 0 Å². The molecule has 3 unspecified atom stereocenters. The van der Waals surface area contributed by atoms with Gasteiger partial charge < -0.3 is 20.5 Å². The number of carbonyl (C=O) groups is 2. The molecule has 3 rings (SSSR count). The van der Waals surface area contributed by atoms with Crippen molar-refractivity contribution in [1.82, 2.24) is 15.5 Å². The number of benzene rings is 1. The van der Waals surface area contributed by atoms with E-state index in [1.807, 2.05) is 24.3 Å². The van der Waals surface area contributed by atoms with Gasteiger partial charge in [0.25, 0.3) is 0 Å². The number of nitrogens with zero attached hydrogens (tertiary/aromatic N) is 1. The predicted molar refractivity (Wildman–Crippen MR) is 93.4 cm³/mol. The Morgan fingerprint density at radius 3 is 2.66 bits per heavy atom. The number of hydrogen-bond acceptors (Lipinski definition) is 4. The first-order valence-electron chi connectivity index (χ1n) is 9.35. The number of aryl methyl sites for hydroxylation is 1. The molecule has 2 aliphatic rings. The average molecular weight is 438 g/mol. The summed E-state index contributed by atoms with van der Waals surface area (Å²) >= 11 is 0. The summed E-state index contributed by atoms with van der Waals surface area (Å²) in [6, 6.07) is 5.71. The maximum Gasteiger partial charge on any atom is 1.00 e. The first-order chi connectivity index (χ1) is 13.2. The standard InChI is InChI=1S/C19H24F3N3O3.K/c20-19(21,22)11-25-8-7-12(10-25)9-23-18(28)24-16(17(26)27)15-6-5-13-3-1-2-4-14(13)15;/h1-4,12,15-16H,5-11H2,(H,26,27)(H2,23,24,28);/q;+1/p-1. The van der Waals surface area contributed by atoms with Crippen LogP contribution in [0, 0.1) is 5.92 Å². The molecule has 0 radical (unpaired) electrons. The average Bonchev–Trinajstić information content (AvgIpc) is 3.23. The van der Waals surface area contributed by atoms with Gasteiger partial charge in [-0.3, -0.25) is 4.90 Å². The summed E-state index contributed by atoms with van der Waals surface area (Å²) in [5.74, 6) is -1.81. The van der Waals surface area contributed by atoms with Crippen LogP contribution in [0.25, 0.3) is 0 Å². The minimum atomic E-state index is -4.24. The summed E-state index contributed by atoms with van der Waals surface area (Å²) in [5, 5.41) is 16.7. The van der Waals surface area contributed by atoms with Gasteiger partial charge in [-0.05, 0) is 42.9 Å². The van der Waals surface area contributed by atoms with Gasteiger partial charge in [0.15, 0.2) is 0 Å². The topological polar surface area (TPSA) is 84.5 Å². The van der Waals surface area contributed by atoms with E-state index in [2.05, 4.69) is 10.6 Å². The Balaban J connectivity index is 0.00000300. The molecule has 1 aliphatic carbocycles. The van der Waals surface area contributed by atoms with Crippen molar-refractivity contribution in [1.29, 1.82) is 0 Å². The number of likely N-dealkylation sites (tertiary alicyclic amines) is 1. The fourth-order valence-corrected chi connectivity index (χ4v) is 4.17. The predicted octanol–water partition coefficient (Wildman–Crippen LogP) is -1.98. The van der Waals surface area contributed by atoms with Gasteiger partial charge >= 0.3 is 63.6 Å². The van der Waals surface area contributed by atoms with Crippen molar-refractivity contribution in [2.45, 2.75) is 37.4 Å². The maximum atomic E-state index is 12.4. The number of carboxylic acid groups (broad SMARTS) is 1. The van der Waals surface area contributed by atoms with Crippen molar-refractivity contribution in [3.05, 3.63) is 35.4 Å². The van der Waals surface area contributed by atoms with E-state index >= 15 is 0 Å². The summed E-state index contributed by atoms with van der Waals surface area (Å²) in [4.78, 5) is 25.1. The van der Waals surface area contributed by atoms with Gasteiger partial charge in [-0.15, -0.1) is 0 Å². The molecule has 1 aromatic carbocycles. The quantitative estimate of drug-likeness (QED) is 0.506. The first-order valence-corrected chi connectivity index (χ1v) is 9.35. The number of hydrogen-bond donors (Lipinski definition) is 2. The molecule has 0 bridgehead atoms. The number of aliphatic carboxylic acids is 1. The van der Waals surface area contributed by atoms with Crippen LogP contribution in [0.2, 0.25) is 0 Å². The van der Waals surface area contributed by atoms with E-state index in [0.29, 0.717) is 19.4 Å². The molecule has 2 amide bonds. The summed E-state index contributed by atoms with van der Waals surface area (Å²) < 4.78 is 37.3. The Kier molecular flexibility index (Phi) is 8.98. The van der Waals surface area contributed by atoms with Gasteiger partial charge in [0.1, 0.15) is 0 Å². The van der Waals surface area contributed by atoms with E-state index in [9.17, 15) is 27.9 Å². The number of fused-ring (bicyclic) bond motifs is 1. The van der Waals surface area contributed by atoms with Crippen molar-refractivity contribution >= 4 is 12.0 Å². The molecule has 29 heavy (non-hydrogen) atoms. The third-order valence-electron chi connectivity index (χ3n) is 5.45. The van der Waals surface area contributed by atoms with Crippen LogP contribution in [0.5, 0.6) is 0 Å². The van der Waals surface area contributed by atoms with E-state index in [1.54, 1.807) is 0 Å². The summed E-state index contributed by atoms with van der Waals surface area (Å²) in [7, 11) is 0. The van der Waals surface area contributed by atoms with Gasteiger partial charge in [0.05, 0.1) is 18.6 Å². The van der Waals surface area contributed by atoms with Crippen LogP contribution in [-0.4, -0.2) is 55.3 Å². The van der Waals surface area contributed by atoms with E-state index < -0.39 is 30.8 Å². The smallest absolute Gasteiger partial charge is 0.548 e. The molecule has 0 spiro atoms. The maximum absolute atomic E-state index is 12.4. The van der Waals surface area contributed by atoms with Gasteiger partial charge in [-0.1, -0.05) is 24.3 Å². The van der Waals surface area contributed by atoms with Gasteiger partial charge in [-0.25, -0.2) is 4.79 Å². The Bertz CT molecular complexity index is 732. The number of rotatable bonds is 6. The zero-order valence-electron chi connectivity index (χ0n) is 16.3. The van der Waals surface area contributed by atoms with Crippen LogP contribution in [0.15, 0.2) is 24.3 Å². The van der Waals surface area contributed by atoms with Gasteiger partial charge in [-0.2, -0.15) is 13.2 Å². The number of halogens is 3. The number of carbonyl (C=O) groups excluding carboxylic acids is 2. The zero-order chi connectivity index (χ0) is 20.3. The van der Waals surface area contributed by atoms with Crippen LogP contribution < -0.4 is 67.1 Å². The molecule has 1 fully saturated rings. The summed E-state index contributed by atoms with van der Waals surface area (Å²) in [6.07, 6.45) is -2.34. The molecule has 1 aliphatic heterocycles. The Hall–Kier alpha value is -0.654. The molecule has 10 heteroatoms. The molecule has 0 saturated carbocycles. The van der Waals surface area contributed by atoms with E-state index in [4.69, 9.17) is 0 Å². The van der Waals surface area contributed by atoms with E-state index in [1.165, 1.54) is 4.90 Å². The number of nitrogens with one attached hydrogen (secondary N) is 2. The molecule has 6 nitrogen and oxygen atoms in total. The van der Waals surface area contributed by atoms with Crippen LogP contribution in [0.4, 0.5) is 18.0 Å². The second-order valence-electron chi connectivity index (χ2n) is 7.50. The number of carboxylic acids is 1. The second-order valence-corrected chi connectivity index (χ2v) is 7.50. The Labute approximate surface area is 210 Å². The molecule has 2 N–H and O–H groups in total. The minimum Gasteiger partial charge on any atom is -0.548 e. The van der Waals surface area contributed by atoms with Crippen LogP contribution >= 0.6 is 0 Å². The molecule has 3 atom stereocenters. The first kappa shape index (κ1) is 24.6. The van der Waals surface area contributed by atoms with Crippen molar-refractivity contribution in [3.63, 3.8) is 0 Å². The molecule has 1 saturated heterocycles. The number of urea groups is 1. The van der Waals surface area contributed by atoms with Crippen molar-refractivity contribution in [3.8, 4) is 0 Å². The largest absolute Gasteiger partial charge is 1.00 e. The fraction of sp³-hybridized carbons (Fsp3) is 0.579. The molecule has 1 aromatic rings. The third-order valence-corrected chi connectivity index (χ3v) is 5.45. The van der Waals surface area contributed by atoms with Crippen LogP contribution in [0.1, 0.15) is 29.9 Å². The fourth-order valence-electron chi connectivity index (χ4n) is 4.17. The van der Waals surface area contributed by atoms with E-state index in [-0.39, 0.29) is 76.3 Å². The van der Waals surface area contributed by atoms with E-state index in [0.717, 1.165) is 17.5 Å². The van der Waals surface area contributed by atoms with Crippen LogP contribution in [0.3, 0.4) is 0 Å². The number of alkyl halides is 3. The molecule has 1 heterocycles. The third kappa shape index (κ3) is 6.93. The zero-order valence-corrected chi connectivity index (χ0v) is 19.4. The summed E-state index contributed by atoms with van der Waals surface area (Å²) in [5.41, 5.74) is 1.97. The van der Waals surface area contributed by atoms with Crippen molar-refractivity contribution < 1.29 is 79.3 Å². The molecule has 0 aromatic heterocycles. The van der Waals surface area contributed by atoms with Crippen molar-refractivity contribution in [2.75, 3.05) is 26.2 Å². The SMILES string of the molecule is O=C(NCC1CCN(CC(F)(F)F)C1)NC(C(=O)[O-])C1CCc2ccccc21.[K+]. The molecular weight excluding hydrogens is 414 g/mol. The molecular formula is C19H23F3KN3O3. The minimum absolute atomic E-state index is 0. The summed E-state index contributed by atoms with van der Waals surface area (Å²) in [6.45, 7) is -0.182. The monoisotopic (exact) mass is 437 g/mol. The van der Waals surface area contributed by atoms with Crippen molar-refractivity contribution in [2.24, 2.45) is 5.92 Å². The normalized spacial score (nSPS) is 22.4. The van der Waals surface area contributed by atoms with Crippen LogP contribution in [-0.2, 0) is 11.2 Å². The Morgan fingerprint density at radius 1 is 1.24 bits per heavy atom. The van der Waals surface area contributed by atoms with Gasteiger partial charge in [0, 0.05) is 19.0 Å². The second kappa shape index (κ2) is 10.6. The Morgan fingerprint density at radius 2 is 1.97 bits per heavy atom. The molecule has 154 valence electrons. The number of amides is 2.